The molecule has 0 atom stereocenters. The molecule has 0 bridgehead atoms. The fourth-order valence-electron chi connectivity index (χ4n) is 1.76. The van der Waals surface area contributed by atoms with E-state index in [9.17, 15) is 9.59 Å². The van der Waals surface area contributed by atoms with Gasteiger partial charge in [0.05, 0.1) is 6.42 Å². The molecule has 116 valence electrons. The molecule has 1 aromatic rings. The number of carbonyl (C=O) groups is 2. The van der Waals surface area contributed by atoms with E-state index in [2.05, 4.69) is 0 Å². The Bertz CT molecular complexity index is 473. The van der Waals surface area contributed by atoms with Crippen LogP contribution in [0.15, 0.2) is 24.3 Å². The fourth-order valence-corrected chi connectivity index (χ4v) is 1.88. The van der Waals surface area contributed by atoms with E-state index in [-0.39, 0.29) is 31.4 Å². The maximum absolute atomic E-state index is 12.1. The molecule has 0 aromatic heterocycles. The van der Waals surface area contributed by atoms with Crippen molar-refractivity contribution >= 4 is 23.5 Å². The minimum Gasteiger partial charge on any atom is -0.484 e. The molecule has 0 spiro atoms. The Morgan fingerprint density at radius 1 is 1.29 bits per heavy atom. The molecule has 0 unspecified atom stereocenters. The van der Waals surface area contributed by atoms with Gasteiger partial charge in [-0.05, 0) is 30.2 Å². The third-order valence-corrected chi connectivity index (χ3v) is 2.96. The normalized spacial score (nSPS) is 10.5. The molecule has 5 nitrogen and oxygen atoms in total. The number of amides is 1. The number of carbonyl (C=O) groups excluding carboxylic acids is 1. The first-order chi connectivity index (χ1) is 9.88. The van der Waals surface area contributed by atoms with Crippen molar-refractivity contribution in [3.63, 3.8) is 0 Å². The smallest absolute Gasteiger partial charge is 0.305 e. The number of benzene rings is 1. The summed E-state index contributed by atoms with van der Waals surface area (Å²) in [5.41, 5.74) is 0. The van der Waals surface area contributed by atoms with Crippen molar-refractivity contribution in [2.75, 3.05) is 19.7 Å². The van der Waals surface area contributed by atoms with Crippen LogP contribution in [0.3, 0.4) is 0 Å². The van der Waals surface area contributed by atoms with Gasteiger partial charge in [-0.3, -0.25) is 9.59 Å². The van der Waals surface area contributed by atoms with Crippen molar-refractivity contribution in [3.05, 3.63) is 29.3 Å². The summed E-state index contributed by atoms with van der Waals surface area (Å²) in [5, 5.41) is 9.32. The molecule has 0 fully saturated rings. The molecule has 21 heavy (non-hydrogen) atoms. The maximum Gasteiger partial charge on any atom is 0.305 e. The van der Waals surface area contributed by atoms with Crippen molar-refractivity contribution in [2.45, 2.75) is 20.3 Å². The Morgan fingerprint density at radius 3 is 2.43 bits per heavy atom. The summed E-state index contributed by atoms with van der Waals surface area (Å²) >= 11 is 5.77. The summed E-state index contributed by atoms with van der Waals surface area (Å²) in [7, 11) is 0. The molecular weight excluding hydrogens is 294 g/mol. The van der Waals surface area contributed by atoms with E-state index >= 15 is 0 Å². The quantitative estimate of drug-likeness (QED) is 0.801. The average molecular weight is 314 g/mol. The van der Waals surface area contributed by atoms with Gasteiger partial charge in [-0.15, -0.1) is 0 Å². The monoisotopic (exact) mass is 313 g/mol. The second-order valence-corrected chi connectivity index (χ2v) is 5.56. The predicted octanol–water partition coefficient (Wildman–Crippen LogP) is 2.68. The largest absolute Gasteiger partial charge is 0.484 e. The van der Waals surface area contributed by atoms with Gasteiger partial charge in [0.1, 0.15) is 5.75 Å². The van der Waals surface area contributed by atoms with Gasteiger partial charge in [0.25, 0.3) is 5.91 Å². The van der Waals surface area contributed by atoms with Gasteiger partial charge in [0, 0.05) is 18.1 Å². The van der Waals surface area contributed by atoms with E-state index < -0.39 is 5.97 Å². The molecule has 0 aliphatic heterocycles. The third kappa shape index (κ3) is 6.99. The van der Waals surface area contributed by atoms with E-state index in [0.29, 0.717) is 17.3 Å². The number of carboxylic acids is 1. The van der Waals surface area contributed by atoms with Crippen molar-refractivity contribution < 1.29 is 19.4 Å². The number of carboxylic acid groups (broad SMARTS) is 1. The molecule has 0 heterocycles. The van der Waals surface area contributed by atoms with E-state index in [1.807, 2.05) is 13.8 Å². The molecule has 0 aliphatic rings. The SMILES string of the molecule is CC(C)CN(CCC(=O)O)C(=O)COc1ccc(Cl)cc1. The Morgan fingerprint density at radius 2 is 1.90 bits per heavy atom. The van der Waals surface area contributed by atoms with Crippen LogP contribution in [-0.2, 0) is 9.59 Å². The summed E-state index contributed by atoms with van der Waals surface area (Å²) in [6.45, 7) is 4.53. The molecule has 1 aromatic carbocycles. The Labute approximate surface area is 129 Å². The zero-order valence-corrected chi connectivity index (χ0v) is 13.0. The van der Waals surface area contributed by atoms with E-state index in [4.69, 9.17) is 21.4 Å². The molecular formula is C15H20ClNO4. The van der Waals surface area contributed by atoms with Crippen LogP contribution in [0, 0.1) is 5.92 Å². The van der Waals surface area contributed by atoms with Gasteiger partial charge in [-0.2, -0.15) is 0 Å². The van der Waals surface area contributed by atoms with Gasteiger partial charge < -0.3 is 14.7 Å². The maximum atomic E-state index is 12.1. The molecule has 0 saturated carbocycles. The molecule has 1 rings (SSSR count). The van der Waals surface area contributed by atoms with Crippen LogP contribution in [-0.4, -0.2) is 41.6 Å². The second kappa shape index (κ2) is 8.52. The molecule has 1 N–H and O–H groups in total. The van der Waals surface area contributed by atoms with Gasteiger partial charge in [-0.25, -0.2) is 0 Å². The average Bonchev–Trinajstić information content (AvgIpc) is 2.42. The lowest BCUT2D eigenvalue weighted by Crippen LogP contribution is -2.38. The number of halogens is 1. The van der Waals surface area contributed by atoms with Crippen molar-refractivity contribution in [3.8, 4) is 5.75 Å². The first-order valence-electron chi connectivity index (χ1n) is 6.76. The highest BCUT2D eigenvalue weighted by molar-refractivity contribution is 6.30. The molecule has 0 aliphatic carbocycles. The minimum absolute atomic E-state index is 0.0700. The predicted molar refractivity (Wildman–Crippen MR) is 80.6 cm³/mol. The third-order valence-electron chi connectivity index (χ3n) is 2.71. The van der Waals surface area contributed by atoms with E-state index in [1.54, 1.807) is 24.3 Å². The van der Waals surface area contributed by atoms with Gasteiger partial charge in [-0.1, -0.05) is 25.4 Å². The number of hydrogen-bond acceptors (Lipinski definition) is 3. The lowest BCUT2D eigenvalue weighted by molar-refractivity contribution is -0.139. The fraction of sp³-hybridized carbons (Fsp3) is 0.467. The second-order valence-electron chi connectivity index (χ2n) is 5.12. The van der Waals surface area contributed by atoms with Crippen LogP contribution >= 0.6 is 11.6 Å². The first kappa shape index (κ1) is 17.3. The summed E-state index contributed by atoms with van der Waals surface area (Å²) < 4.78 is 5.39. The first-order valence-corrected chi connectivity index (χ1v) is 7.14. The van der Waals surface area contributed by atoms with Gasteiger partial charge in [0.2, 0.25) is 0 Å². The molecule has 0 radical (unpaired) electrons. The zero-order chi connectivity index (χ0) is 15.8. The summed E-state index contributed by atoms with van der Waals surface area (Å²) in [5.74, 6) is -0.330. The Hall–Kier alpha value is -1.75. The minimum atomic E-state index is -0.921. The van der Waals surface area contributed by atoms with Crippen LogP contribution in [0.25, 0.3) is 0 Å². The highest BCUT2D eigenvalue weighted by Gasteiger charge is 2.16. The van der Waals surface area contributed by atoms with Gasteiger partial charge >= 0.3 is 5.97 Å². The van der Waals surface area contributed by atoms with E-state index in [0.717, 1.165) is 0 Å². The number of ether oxygens (including phenoxy) is 1. The zero-order valence-electron chi connectivity index (χ0n) is 12.2. The van der Waals surface area contributed by atoms with Crippen molar-refractivity contribution in [1.29, 1.82) is 0 Å². The lowest BCUT2D eigenvalue weighted by Gasteiger charge is -2.24. The van der Waals surface area contributed by atoms with Crippen LogP contribution in [0.1, 0.15) is 20.3 Å². The summed E-state index contributed by atoms with van der Waals surface area (Å²) in [6.07, 6.45) is -0.0700. The van der Waals surface area contributed by atoms with Crippen LogP contribution in [0.4, 0.5) is 0 Å². The lowest BCUT2D eigenvalue weighted by atomic mass is 10.2. The van der Waals surface area contributed by atoms with E-state index in [1.165, 1.54) is 4.90 Å². The molecule has 0 saturated heterocycles. The van der Waals surface area contributed by atoms with Crippen LogP contribution in [0.2, 0.25) is 5.02 Å². The highest BCUT2D eigenvalue weighted by atomic mass is 35.5. The Balaban J connectivity index is 2.54. The van der Waals surface area contributed by atoms with Crippen molar-refractivity contribution in [2.24, 2.45) is 5.92 Å². The van der Waals surface area contributed by atoms with Gasteiger partial charge in [0.15, 0.2) is 6.61 Å². The van der Waals surface area contributed by atoms with Crippen LogP contribution < -0.4 is 4.74 Å². The summed E-state index contributed by atoms with van der Waals surface area (Å²) in [4.78, 5) is 24.3. The highest BCUT2D eigenvalue weighted by Crippen LogP contribution is 2.15. The number of rotatable bonds is 8. The number of hydrogen-bond donors (Lipinski definition) is 1. The number of nitrogens with zero attached hydrogens (tertiary/aromatic N) is 1. The standard InChI is InChI=1S/C15H20ClNO4/c1-11(2)9-17(8-7-15(19)20)14(18)10-21-13-5-3-12(16)4-6-13/h3-6,11H,7-10H2,1-2H3,(H,19,20). The van der Waals surface area contributed by atoms with Crippen molar-refractivity contribution in [1.82, 2.24) is 4.90 Å². The topological polar surface area (TPSA) is 66.8 Å². The molecule has 6 heteroatoms. The Kier molecular flexibility index (Phi) is 7.02. The number of aliphatic carboxylic acids is 1. The van der Waals surface area contributed by atoms with Crippen LogP contribution in [0.5, 0.6) is 5.75 Å². The summed E-state index contributed by atoms with van der Waals surface area (Å²) in [6, 6.07) is 6.72. The molecule has 1 amide bonds.